The quantitative estimate of drug-likeness (QED) is 0.384. The van der Waals surface area contributed by atoms with Gasteiger partial charge >= 0.3 is 0 Å². The fourth-order valence-electron chi connectivity index (χ4n) is 1.29. The van der Waals surface area contributed by atoms with Crippen molar-refractivity contribution in [3.05, 3.63) is 35.7 Å². The molecule has 88 valence electrons. The van der Waals surface area contributed by atoms with Gasteiger partial charge in [-0.05, 0) is 30.6 Å². The van der Waals surface area contributed by atoms with Crippen molar-refractivity contribution in [1.82, 2.24) is 9.36 Å². The molecule has 0 saturated carbocycles. The van der Waals surface area contributed by atoms with Crippen LogP contribution >= 0.6 is 23.3 Å². The third-order valence-electron chi connectivity index (χ3n) is 2.06. The van der Waals surface area contributed by atoms with Crippen molar-refractivity contribution in [3.8, 4) is 0 Å². The maximum absolute atomic E-state index is 8.76. The van der Waals surface area contributed by atoms with Gasteiger partial charge in [-0.3, -0.25) is 0 Å². The summed E-state index contributed by atoms with van der Waals surface area (Å²) < 4.78 is 4.75. The highest BCUT2D eigenvalue weighted by Gasteiger charge is 2.10. The number of rotatable bonds is 3. The standard InChI is InChI=1S/C10H10N4OS2/c1-6-2-3-8(7(4-6)9(11)14-15)16-10-12-5-13-17-10/h2-5,15H,1H3,(H2,11,14). The average Bonchev–Trinajstić information content (AvgIpc) is 2.83. The van der Waals surface area contributed by atoms with Crippen molar-refractivity contribution in [2.75, 3.05) is 0 Å². The molecule has 7 heteroatoms. The molecule has 2 aromatic rings. The molecule has 1 aromatic carbocycles. The van der Waals surface area contributed by atoms with E-state index < -0.39 is 0 Å². The minimum absolute atomic E-state index is 0.0979. The predicted molar refractivity (Wildman–Crippen MR) is 67.7 cm³/mol. The number of benzene rings is 1. The van der Waals surface area contributed by atoms with E-state index in [1.54, 1.807) is 0 Å². The van der Waals surface area contributed by atoms with Gasteiger partial charge < -0.3 is 10.9 Å². The van der Waals surface area contributed by atoms with Gasteiger partial charge in [0.05, 0.1) is 0 Å². The lowest BCUT2D eigenvalue weighted by Gasteiger charge is -2.07. The van der Waals surface area contributed by atoms with E-state index in [1.165, 1.54) is 29.6 Å². The van der Waals surface area contributed by atoms with Gasteiger partial charge in [0.25, 0.3) is 0 Å². The second-order valence-corrected chi connectivity index (χ2v) is 5.36. The molecule has 1 heterocycles. The first-order valence-corrected chi connectivity index (χ1v) is 6.33. The smallest absolute Gasteiger partial charge is 0.174 e. The van der Waals surface area contributed by atoms with Crippen molar-refractivity contribution < 1.29 is 5.21 Å². The number of nitrogens with two attached hydrogens (primary N) is 1. The lowest BCUT2D eigenvalue weighted by molar-refractivity contribution is 0.318. The highest BCUT2D eigenvalue weighted by molar-refractivity contribution is 8.01. The van der Waals surface area contributed by atoms with Crippen LogP contribution in [0, 0.1) is 6.92 Å². The Labute approximate surface area is 107 Å². The average molecular weight is 266 g/mol. The lowest BCUT2D eigenvalue weighted by Crippen LogP contribution is -2.14. The Morgan fingerprint density at radius 3 is 3.00 bits per heavy atom. The van der Waals surface area contributed by atoms with E-state index in [1.807, 2.05) is 25.1 Å². The maximum Gasteiger partial charge on any atom is 0.174 e. The Morgan fingerprint density at radius 1 is 1.53 bits per heavy atom. The second-order valence-electron chi connectivity index (χ2n) is 3.29. The summed E-state index contributed by atoms with van der Waals surface area (Å²) in [6.07, 6.45) is 1.50. The van der Waals surface area contributed by atoms with E-state index in [9.17, 15) is 0 Å². The Morgan fingerprint density at radius 2 is 2.35 bits per heavy atom. The molecule has 3 N–H and O–H groups in total. The van der Waals surface area contributed by atoms with Crippen LogP contribution in [-0.4, -0.2) is 20.4 Å². The zero-order valence-corrected chi connectivity index (χ0v) is 10.6. The summed E-state index contributed by atoms with van der Waals surface area (Å²) in [4.78, 5) is 4.98. The Bertz CT molecular complexity index is 539. The van der Waals surface area contributed by atoms with Crippen molar-refractivity contribution in [1.29, 1.82) is 0 Å². The summed E-state index contributed by atoms with van der Waals surface area (Å²) in [5, 5.41) is 11.8. The van der Waals surface area contributed by atoms with Crippen LogP contribution in [0.3, 0.4) is 0 Å². The van der Waals surface area contributed by atoms with E-state index in [4.69, 9.17) is 10.9 Å². The highest BCUT2D eigenvalue weighted by atomic mass is 32.2. The number of nitrogens with zero attached hydrogens (tertiary/aromatic N) is 3. The minimum Gasteiger partial charge on any atom is -0.409 e. The molecule has 0 bridgehead atoms. The molecule has 0 fully saturated rings. The fraction of sp³-hybridized carbons (Fsp3) is 0.100. The van der Waals surface area contributed by atoms with Gasteiger partial charge in [-0.25, -0.2) is 4.98 Å². The molecule has 1 aromatic heterocycles. The van der Waals surface area contributed by atoms with Crippen molar-refractivity contribution in [2.24, 2.45) is 10.9 Å². The van der Waals surface area contributed by atoms with Crippen LogP contribution < -0.4 is 5.73 Å². The number of aryl methyl sites for hydroxylation is 1. The molecular weight excluding hydrogens is 256 g/mol. The first-order valence-electron chi connectivity index (χ1n) is 4.74. The Kier molecular flexibility index (Phi) is 3.60. The van der Waals surface area contributed by atoms with E-state index >= 15 is 0 Å². The van der Waals surface area contributed by atoms with Gasteiger partial charge in [-0.15, -0.1) is 0 Å². The number of aromatic nitrogens is 2. The molecule has 0 aliphatic carbocycles. The van der Waals surface area contributed by atoms with Crippen molar-refractivity contribution in [3.63, 3.8) is 0 Å². The molecule has 5 nitrogen and oxygen atoms in total. The van der Waals surface area contributed by atoms with Gasteiger partial charge in [-0.2, -0.15) is 4.37 Å². The third-order valence-corrected chi connectivity index (χ3v) is 3.85. The van der Waals surface area contributed by atoms with Gasteiger partial charge in [0.1, 0.15) is 6.33 Å². The summed E-state index contributed by atoms with van der Waals surface area (Å²) >= 11 is 2.75. The molecular formula is C10H10N4OS2. The first kappa shape index (κ1) is 11.9. The van der Waals surface area contributed by atoms with Crippen LogP contribution in [0.4, 0.5) is 0 Å². The van der Waals surface area contributed by atoms with Crippen LogP contribution in [0.25, 0.3) is 0 Å². The molecule has 0 radical (unpaired) electrons. The van der Waals surface area contributed by atoms with Gasteiger partial charge in [0.15, 0.2) is 10.2 Å². The van der Waals surface area contributed by atoms with E-state index in [-0.39, 0.29) is 5.84 Å². The largest absolute Gasteiger partial charge is 0.409 e. The molecule has 0 atom stereocenters. The van der Waals surface area contributed by atoms with Crippen molar-refractivity contribution >= 4 is 29.1 Å². The van der Waals surface area contributed by atoms with Crippen LogP contribution in [0.15, 0.2) is 38.9 Å². The fourth-order valence-corrected chi connectivity index (χ4v) is 2.81. The summed E-state index contributed by atoms with van der Waals surface area (Å²) in [5.41, 5.74) is 7.40. The Hall–Kier alpha value is -1.60. The highest BCUT2D eigenvalue weighted by Crippen LogP contribution is 2.31. The lowest BCUT2D eigenvalue weighted by atomic mass is 10.1. The van der Waals surface area contributed by atoms with E-state index in [2.05, 4.69) is 14.5 Å². The topological polar surface area (TPSA) is 84.4 Å². The molecule has 0 aliphatic rings. The number of hydrogen-bond donors (Lipinski definition) is 2. The summed E-state index contributed by atoms with van der Waals surface area (Å²) in [6, 6.07) is 5.77. The SMILES string of the molecule is Cc1ccc(Sc2ncns2)c(/C(N)=N/O)c1. The number of amidine groups is 1. The van der Waals surface area contributed by atoms with E-state index in [0.717, 1.165) is 14.8 Å². The van der Waals surface area contributed by atoms with Gasteiger partial charge in [0, 0.05) is 10.5 Å². The Balaban J connectivity index is 2.39. The van der Waals surface area contributed by atoms with Crippen molar-refractivity contribution in [2.45, 2.75) is 16.2 Å². The first-order chi connectivity index (χ1) is 8.20. The molecule has 0 spiro atoms. The molecule has 0 amide bonds. The van der Waals surface area contributed by atoms with E-state index in [0.29, 0.717) is 5.56 Å². The minimum atomic E-state index is 0.0979. The normalized spacial score (nSPS) is 11.7. The summed E-state index contributed by atoms with van der Waals surface area (Å²) in [6.45, 7) is 1.95. The molecule has 0 unspecified atom stereocenters. The summed E-state index contributed by atoms with van der Waals surface area (Å²) in [5.74, 6) is 0.0979. The zero-order chi connectivity index (χ0) is 12.3. The summed E-state index contributed by atoms with van der Waals surface area (Å²) in [7, 11) is 0. The predicted octanol–water partition coefficient (Wildman–Crippen LogP) is 2.09. The molecule has 17 heavy (non-hydrogen) atoms. The van der Waals surface area contributed by atoms with Crippen LogP contribution in [0.2, 0.25) is 0 Å². The second kappa shape index (κ2) is 5.15. The van der Waals surface area contributed by atoms with Crippen LogP contribution in [-0.2, 0) is 0 Å². The van der Waals surface area contributed by atoms with Gasteiger partial charge in [-0.1, -0.05) is 28.5 Å². The maximum atomic E-state index is 8.76. The number of hydrogen-bond acceptors (Lipinski definition) is 6. The molecule has 0 aliphatic heterocycles. The van der Waals surface area contributed by atoms with Gasteiger partial charge in [0.2, 0.25) is 0 Å². The van der Waals surface area contributed by atoms with Crippen LogP contribution in [0.5, 0.6) is 0 Å². The number of oxime groups is 1. The monoisotopic (exact) mass is 266 g/mol. The molecule has 2 rings (SSSR count). The molecule has 0 saturated heterocycles. The third kappa shape index (κ3) is 2.75. The zero-order valence-electron chi connectivity index (χ0n) is 8.99. The van der Waals surface area contributed by atoms with Crippen LogP contribution in [0.1, 0.15) is 11.1 Å².